The number of aryl methyl sites for hydroxylation is 1. The zero-order chi connectivity index (χ0) is 22.3. The van der Waals surface area contributed by atoms with Crippen LogP contribution in [0.15, 0.2) is 30.7 Å². The number of hydrogen-bond acceptors (Lipinski definition) is 6. The van der Waals surface area contributed by atoms with Crippen LogP contribution in [0.5, 0.6) is 0 Å². The van der Waals surface area contributed by atoms with E-state index in [0.29, 0.717) is 5.69 Å². The van der Waals surface area contributed by atoms with Gasteiger partial charge in [-0.3, -0.25) is 0 Å². The minimum Gasteiger partial charge on any atom is -0.378 e. The molecule has 31 heavy (non-hydrogen) atoms. The van der Waals surface area contributed by atoms with E-state index in [0.717, 1.165) is 48.2 Å². The van der Waals surface area contributed by atoms with Crippen molar-refractivity contribution in [2.24, 2.45) is 0 Å². The Bertz CT molecular complexity index is 1070. The third kappa shape index (κ3) is 6.51. The van der Waals surface area contributed by atoms with Crippen LogP contribution in [0.2, 0.25) is 0 Å². The molecule has 0 unspecified atom stereocenters. The van der Waals surface area contributed by atoms with Crippen molar-refractivity contribution in [2.45, 2.75) is 58.6 Å². The first-order chi connectivity index (χ1) is 14.9. The summed E-state index contributed by atoms with van der Waals surface area (Å²) < 4.78 is 2.21. The van der Waals surface area contributed by atoms with Crippen molar-refractivity contribution in [1.82, 2.24) is 24.8 Å². The number of nitrogens with two attached hydrogens (primary N) is 1. The molecule has 0 radical (unpaired) electrons. The van der Waals surface area contributed by atoms with Crippen molar-refractivity contribution in [3.63, 3.8) is 0 Å². The number of aliphatic hydroxyl groups is 1. The lowest BCUT2D eigenvalue weighted by Gasteiger charge is -2.07. The molecular weight excluding hydrogens is 388 g/mol. The molecule has 0 aromatic carbocycles. The smallest absolute Gasteiger partial charge is 0.220 e. The Balaban J connectivity index is 1.87. The van der Waals surface area contributed by atoms with E-state index in [-0.39, 0.29) is 5.95 Å². The number of nitrogens with zero attached hydrogens (tertiary/aromatic N) is 4. The Morgan fingerprint density at radius 3 is 2.74 bits per heavy atom. The molecule has 0 aliphatic heterocycles. The van der Waals surface area contributed by atoms with Crippen LogP contribution in [-0.2, 0) is 6.54 Å². The predicted octanol–water partition coefficient (Wildman–Crippen LogP) is 3.37. The van der Waals surface area contributed by atoms with Crippen molar-refractivity contribution >= 4 is 16.9 Å². The van der Waals surface area contributed by atoms with E-state index in [1.54, 1.807) is 20.0 Å². The van der Waals surface area contributed by atoms with E-state index in [9.17, 15) is 5.11 Å². The van der Waals surface area contributed by atoms with Gasteiger partial charge in [-0.1, -0.05) is 25.7 Å². The number of rotatable bonds is 9. The Labute approximate surface area is 184 Å². The molecule has 0 amide bonds. The van der Waals surface area contributed by atoms with Gasteiger partial charge in [0.1, 0.15) is 11.3 Å². The third-order valence-electron chi connectivity index (χ3n) is 4.92. The summed E-state index contributed by atoms with van der Waals surface area (Å²) in [5.41, 5.74) is 8.10. The Morgan fingerprint density at radius 2 is 2.00 bits per heavy atom. The van der Waals surface area contributed by atoms with Crippen LogP contribution in [0.25, 0.3) is 22.2 Å². The van der Waals surface area contributed by atoms with Crippen molar-refractivity contribution in [1.29, 1.82) is 0 Å². The van der Waals surface area contributed by atoms with Crippen LogP contribution in [0.4, 0.5) is 5.95 Å². The number of fused-ring (bicyclic) bond motifs is 1. The summed E-state index contributed by atoms with van der Waals surface area (Å²) in [6.45, 7) is 8.43. The van der Waals surface area contributed by atoms with Crippen LogP contribution in [0, 0.1) is 11.8 Å². The average molecular weight is 421 g/mol. The molecule has 0 saturated carbocycles. The molecule has 164 valence electrons. The highest BCUT2D eigenvalue weighted by Crippen LogP contribution is 2.30. The van der Waals surface area contributed by atoms with Crippen LogP contribution in [0.1, 0.15) is 52.1 Å². The number of hydrogen-bond donors (Lipinski definition) is 3. The van der Waals surface area contributed by atoms with Crippen molar-refractivity contribution in [2.75, 3.05) is 18.8 Å². The summed E-state index contributed by atoms with van der Waals surface area (Å²) in [6, 6.07) is 3.80. The normalized spacial score (nSPS) is 11.5. The number of aromatic nitrogens is 4. The van der Waals surface area contributed by atoms with Gasteiger partial charge in [-0.15, -0.1) is 0 Å². The fraction of sp³-hybridized carbons (Fsp3) is 0.458. The lowest BCUT2D eigenvalue weighted by Crippen LogP contribution is -2.18. The summed E-state index contributed by atoms with van der Waals surface area (Å²) >= 11 is 0. The zero-order valence-electron chi connectivity index (χ0n) is 18.6. The number of anilines is 1. The van der Waals surface area contributed by atoms with Gasteiger partial charge in [0.15, 0.2) is 0 Å². The molecule has 7 heteroatoms. The fourth-order valence-corrected chi connectivity index (χ4v) is 3.39. The van der Waals surface area contributed by atoms with Gasteiger partial charge in [-0.25, -0.2) is 15.0 Å². The second-order valence-corrected chi connectivity index (χ2v) is 8.24. The van der Waals surface area contributed by atoms with E-state index in [1.807, 2.05) is 18.3 Å². The quantitative estimate of drug-likeness (QED) is 0.362. The van der Waals surface area contributed by atoms with Gasteiger partial charge in [-0.05, 0) is 57.8 Å². The molecule has 7 nitrogen and oxygen atoms in total. The summed E-state index contributed by atoms with van der Waals surface area (Å²) in [5.74, 6) is 6.03. The number of nitrogen functional groups attached to an aromatic ring is 1. The first kappa shape index (κ1) is 22.7. The summed E-state index contributed by atoms with van der Waals surface area (Å²) in [4.78, 5) is 12.9. The van der Waals surface area contributed by atoms with Crippen LogP contribution in [0.3, 0.4) is 0 Å². The number of unbranched alkanes of at least 4 members (excludes halogenated alkanes) is 2. The summed E-state index contributed by atoms with van der Waals surface area (Å²) in [5, 5.41) is 14.4. The average Bonchev–Trinajstić information content (AvgIpc) is 3.09. The largest absolute Gasteiger partial charge is 0.378 e. The molecule has 0 aliphatic rings. The van der Waals surface area contributed by atoms with Gasteiger partial charge in [0.25, 0.3) is 0 Å². The monoisotopic (exact) mass is 420 g/mol. The van der Waals surface area contributed by atoms with E-state index in [1.165, 1.54) is 19.3 Å². The minimum absolute atomic E-state index is 0.241. The fourth-order valence-electron chi connectivity index (χ4n) is 3.39. The molecule has 0 bridgehead atoms. The van der Waals surface area contributed by atoms with Gasteiger partial charge in [-0.2, -0.15) is 0 Å². The van der Waals surface area contributed by atoms with Gasteiger partial charge >= 0.3 is 0 Å². The van der Waals surface area contributed by atoms with Gasteiger partial charge < -0.3 is 20.7 Å². The lowest BCUT2D eigenvalue weighted by molar-refractivity contribution is 0.143. The zero-order valence-corrected chi connectivity index (χ0v) is 18.6. The second kappa shape index (κ2) is 10.4. The Morgan fingerprint density at radius 1 is 1.19 bits per heavy atom. The molecular formula is C24H32N6O. The first-order valence-electron chi connectivity index (χ1n) is 10.9. The third-order valence-corrected chi connectivity index (χ3v) is 4.92. The molecule has 0 atom stereocenters. The van der Waals surface area contributed by atoms with Gasteiger partial charge in [0.2, 0.25) is 5.95 Å². The molecule has 3 aromatic heterocycles. The molecule has 3 heterocycles. The summed E-state index contributed by atoms with van der Waals surface area (Å²) in [7, 11) is 0. The van der Waals surface area contributed by atoms with E-state index in [2.05, 4.69) is 49.8 Å². The van der Waals surface area contributed by atoms with Gasteiger partial charge in [0, 0.05) is 29.9 Å². The molecule has 4 N–H and O–H groups in total. The topological polar surface area (TPSA) is 102 Å². The highest BCUT2D eigenvalue weighted by molar-refractivity contribution is 5.95. The number of pyridine rings is 1. The van der Waals surface area contributed by atoms with Crippen molar-refractivity contribution in [3.8, 4) is 23.1 Å². The predicted molar refractivity (Wildman–Crippen MR) is 125 cm³/mol. The van der Waals surface area contributed by atoms with Gasteiger partial charge in [0.05, 0.1) is 17.4 Å². The molecule has 0 aliphatic carbocycles. The van der Waals surface area contributed by atoms with E-state index in [4.69, 9.17) is 5.73 Å². The Hall–Kier alpha value is -2.95. The Kier molecular flexibility index (Phi) is 7.61. The van der Waals surface area contributed by atoms with Crippen LogP contribution < -0.4 is 11.1 Å². The SMILES string of the molecule is CCCCCNCCCn1cc(-c2ccnc(N)n2)c2cc(C#CC(C)(C)O)ncc21. The van der Waals surface area contributed by atoms with E-state index < -0.39 is 5.60 Å². The molecule has 0 spiro atoms. The first-order valence-corrected chi connectivity index (χ1v) is 10.9. The maximum absolute atomic E-state index is 9.91. The van der Waals surface area contributed by atoms with E-state index >= 15 is 0 Å². The van der Waals surface area contributed by atoms with Crippen LogP contribution in [-0.4, -0.2) is 43.3 Å². The maximum Gasteiger partial charge on any atom is 0.220 e. The molecule has 3 rings (SSSR count). The highest BCUT2D eigenvalue weighted by atomic mass is 16.3. The standard InChI is InChI=1S/C24H32N6O/c1-4-5-6-11-26-12-7-14-30-17-20(21-9-13-27-23(25)29-21)19-15-18(28-16-22(19)30)8-10-24(2,3)31/h9,13,15-17,26,31H,4-7,11-12,14H2,1-3H3,(H2,25,27,29). The maximum atomic E-state index is 9.91. The summed E-state index contributed by atoms with van der Waals surface area (Å²) in [6.07, 6.45) is 10.3. The molecule has 0 saturated heterocycles. The highest BCUT2D eigenvalue weighted by Gasteiger charge is 2.13. The number of nitrogens with one attached hydrogen (secondary N) is 1. The van der Waals surface area contributed by atoms with Crippen LogP contribution >= 0.6 is 0 Å². The molecule has 0 fully saturated rings. The minimum atomic E-state index is -1.07. The molecule has 3 aromatic rings. The van der Waals surface area contributed by atoms with Crippen molar-refractivity contribution in [3.05, 3.63) is 36.4 Å². The lowest BCUT2D eigenvalue weighted by atomic mass is 10.1. The second-order valence-electron chi connectivity index (χ2n) is 8.24. The van der Waals surface area contributed by atoms with Crippen molar-refractivity contribution < 1.29 is 5.11 Å².